The van der Waals surface area contributed by atoms with Gasteiger partial charge in [0.25, 0.3) is 0 Å². The van der Waals surface area contributed by atoms with Crippen LogP contribution >= 0.6 is 0 Å². The molecule has 0 saturated heterocycles. The zero-order chi connectivity index (χ0) is 23.6. The van der Waals surface area contributed by atoms with Gasteiger partial charge >= 0.3 is 0 Å². The van der Waals surface area contributed by atoms with E-state index in [4.69, 9.17) is 4.74 Å². The molecule has 0 rings (SSSR count). The van der Waals surface area contributed by atoms with E-state index in [0.29, 0.717) is 35.5 Å². The Balaban J connectivity index is 6.01. The molecule has 0 fully saturated rings. The molecule has 176 valence electrons. The second kappa shape index (κ2) is 10.1. The Morgan fingerprint density at radius 2 is 0.724 bits per heavy atom. The molecule has 0 aliphatic heterocycles. The van der Waals surface area contributed by atoms with Gasteiger partial charge in [0, 0.05) is 0 Å². The average Bonchev–Trinajstić information content (AvgIpc) is 2.28. The zero-order valence-corrected chi connectivity index (χ0v) is 23.3. The molecule has 0 aromatic rings. The van der Waals surface area contributed by atoms with Gasteiger partial charge in [-0.25, -0.2) is 0 Å². The van der Waals surface area contributed by atoms with E-state index >= 15 is 0 Å². The molecule has 0 radical (unpaired) electrons. The summed E-state index contributed by atoms with van der Waals surface area (Å²) < 4.78 is 7.21. The second-order valence-corrected chi connectivity index (χ2v) is 14.2. The Kier molecular flexibility index (Phi) is 10.0. The lowest BCUT2D eigenvalue weighted by molar-refractivity contribution is -0.218. The maximum Gasteiger partial charge on any atom is 0.0669 e. The van der Waals surface area contributed by atoms with Crippen molar-refractivity contribution in [3.05, 3.63) is 0 Å². The zero-order valence-electron chi connectivity index (χ0n) is 23.3. The fraction of sp³-hybridized carbons (Fsp3) is 1.00. The van der Waals surface area contributed by atoms with Gasteiger partial charge in [-0.1, -0.05) is 83.1 Å². The van der Waals surface area contributed by atoms with E-state index in [1.807, 2.05) is 0 Å². The molecule has 0 aliphatic rings. The van der Waals surface area contributed by atoms with E-state index in [0.717, 1.165) is 0 Å². The van der Waals surface area contributed by atoms with Crippen molar-refractivity contribution in [1.82, 2.24) is 0 Å². The molecule has 0 N–H and O–H groups in total. The molecular weight excluding hydrogens is 352 g/mol. The van der Waals surface area contributed by atoms with Crippen molar-refractivity contribution >= 4 is 0 Å². The van der Waals surface area contributed by atoms with Crippen molar-refractivity contribution in [1.29, 1.82) is 0 Å². The van der Waals surface area contributed by atoms with Crippen LogP contribution in [0.2, 0.25) is 0 Å². The highest BCUT2D eigenvalue weighted by molar-refractivity contribution is 4.97. The molecular formula is C28H58O. The summed E-state index contributed by atoms with van der Waals surface area (Å²) >= 11 is 0. The van der Waals surface area contributed by atoms with Gasteiger partial charge in [0.2, 0.25) is 0 Å². The molecule has 0 bridgehead atoms. The van der Waals surface area contributed by atoms with E-state index in [1.54, 1.807) is 0 Å². The monoisotopic (exact) mass is 410 g/mol. The first kappa shape index (κ1) is 29.0. The van der Waals surface area contributed by atoms with Crippen molar-refractivity contribution in [3.63, 3.8) is 0 Å². The molecule has 0 amide bonds. The van der Waals surface area contributed by atoms with Gasteiger partial charge in [-0.2, -0.15) is 0 Å². The quantitative estimate of drug-likeness (QED) is 0.348. The lowest BCUT2D eigenvalue weighted by Crippen LogP contribution is -2.54. The van der Waals surface area contributed by atoms with Crippen LogP contribution in [0.5, 0.6) is 0 Å². The summed E-state index contributed by atoms with van der Waals surface area (Å²) in [6.45, 7) is 38.1. The third-order valence-corrected chi connectivity index (χ3v) is 6.71. The minimum atomic E-state index is -0.183. The van der Waals surface area contributed by atoms with Gasteiger partial charge in [0.15, 0.2) is 0 Å². The van der Waals surface area contributed by atoms with Crippen molar-refractivity contribution in [2.75, 3.05) is 0 Å². The number of hydrogen-bond acceptors (Lipinski definition) is 1. The topological polar surface area (TPSA) is 9.23 Å². The lowest BCUT2D eigenvalue weighted by atomic mass is 9.62. The normalized spacial score (nSPS) is 18.8. The average molecular weight is 411 g/mol. The molecule has 0 saturated carbocycles. The number of hydrogen-bond donors (Lipinski definition) is 0. The van der Waals surface area contributed by atoms with E-state index in [2.05, 4.69) is 111 Å². The van der Waals surface area contributed by atoms with Crippen LogP contribution < -0.4 is 0 Å². The summed E-state index contributed by atoms with van der Waals surface area (Å²) in [5.41, 5.74) is 0.0392. The molecule has 0 aliphatic carbocycles. The lowest BCUT2D eigenvalue weighted by Gasteiger charge is -2.54. The summed E-state index contributed by atoms with van der Waals surface area (Å²) in [6.07, 6.45) is 2.50. The van der Waals surface area contributed by atoms with E-state index in [1.165, 1.54) is 12.8 Å². The van der Waals surface area contributed by atoms with Gasteiger partial charge in [-0.3, -0.25) is 0 Å². The van der Waals surface area contributed by atoms with Gasteiger partial charge in [-0.15, -0.1) is 0 Å². The third-order valence-electron chi connectivity index (χ3n) is 6.71. The Bertz CT molecular complexity index is 426. The van der Waals surface area contributed by atoms with Crippen LogP contribution in [0.1, 0.15) is 124 Å². The Morgan fingerprint density at radius 3 is 0.897 bits per heavy atom. The summed E-state index contributed by atoms with van der Waals surface area (Å²) in [5, 5.41) is 0. The minimum Gasteiger partial charge on any atom is -0.369 e. The fourth-order valence-electron chi connectivity index (χ4n) is 7.73. The molecule has 1 nitrogen and oxygen atoms in total. The molecule has 1 heteroatoms. The predicted molar refractivity (Wildman–Crippen MR) is 132 cm³/mol. The van der Waals surface area contributed by atoms with Crippen molar-refractivity contribution in [2.24, 2.45) is 46.3 Å². The number of rotatable bonds is 10. The SMILES string of the molecule is CC(C)CC(C)C(C(C)(C)C)C(C)(C)OC(C)(C)C(C(C)CC(C)C)C(C)(C)C. The molecule has 0 aromatic carbocycles. The van der Waals surface area contributed by atoms with Crippen LogP contribution in [0.3, 0.4) is 0 Å². The molecule has 0 heterocycles. The van der Waals surface area contributed by atoms with Crippen LogP contribution in [-0.2, 0) is 4.74 Å². The van der Waals surface area contributed by atoms with Gasteiger partial charge < -0.3 is 4.74 Å². The van der Waals surface area contributed by atoms with Crippen LogP contribution in [0, 0.1) is 46.3 Å². The molecule has 0 aromatic heterocycles. The standard InChI is InChI=1S/C28H58O/c1-19(2)17-21(5)23(25(7,8)9)27(13,14)29-28(15,16)24(26(10,11)12)22(6)18-20(3)4/h19-24H,17-18H2,1-16H3. The van der Waals surface area contributed by atoms with Crippen molar-refractivity contribution in [3.8, 4) is 0 Å². The highest BCUT2D eigenvalue weighted by atomic mass is 16.5. The largest absolute Gasteiger partial charge is 0.369 e. The van der Waals surface area contributed by atoms with Gasteiger partial charge in [0.05, 0.1) is 11.2 Å². The third kappa shape index (κ3) is 8.92. The van der Waals surface area contributed by atoms with E-state index in [-0.39, 0.29) is 22.0 Å². The van der Waals surface area contributed by atoms with Crippen LogP contribution in [0.4, 0.5) is 0 Å². The second-order valence-electron chi connectivity index (χ2n) is 14.2. The van der Waals surface area contributed by atoms with Crippen LogP contribution in [0.25, 0.3) is 0 Å². The summed E-state index contributed by atoms with van der Waals surface area (Å²) in [4.78, 5) is 0. The number of ether oxygens (including phenoxy) is 1. The highest BCUT2D eigenvalue weighted by Gasteiger charge is 2.49. The summed E-state index contributed by atoms with van der Waals surface area (Å²) in [7, 11) is 0. The summed E-state index contributed by atoms with van der Waals surface area (Å²) in [6, 6.07) is 0. The van der Waals surface area contributed by atoms with Crippen molar-refractivity contribution in [2.45, 2.75) is 135 Å². The smallest absolute Gasteiger partial charge is 0.0669 e. The van der Waals surface area contributed by atoms with Gasteiger partial charge in [-0.05, 0) is 86.9 Å². The van der Waals surface area contributed by atoms with Crippen LogP contribution in [-0.4, -0.2) is 11.2 Å². The Morgan fingerprint density at radius 1 is 0.483 bits per heavy atom. The van der Waals surface area contributed by atoms with Crippen LogP contribution in [0.15, 0.2) is 0 Å². The molecule has 4 unspecified atom stereocenters. The first-order chi connectivity index (χ1) is 12.6. The maximum absolute atomic E-state index is 7.21. The minimum absolute atomic E-state index is 0.183. The molecule has 0 spiro atoms. The highest BCUT2D eigenvalue weighted by Crippen LogP contribution is 2.50. The van der Waals surface area contributed by atoms with E-state index in [9.17, 15) is 0 Å². The Labute approximate surface area is 186 Å². The first-order valence-corrected chi connectivity index (χ1v) is 12.3. The molecule has 29 heavy (non-hydrogen) atoms. The predicted octanol–water partition coefficient (Wildman–Crippen LogP) is 9.25. The Hall–Kier alpha value is -0.0400. The maximum atomic E-state index is 7.21. The first-order valence-electron chi connectivity index (χ1n) is 12.3. The van der Waals surface area contributed by atoms with Crippen molar-refractivity contribution < 1.29 is 4.74 Å². The molecule has 4 atom stereocenters. The van der Waals surface area contributed by atoms with E-state index < -0.39 is 0 Å². The fourth-order valence-corrected chi connectivity index (χ4v) is 7.73. The summed E-state index contributed by atoms with van der Waals surface area (Å²) in [5.74, 6) is 3.68. The van der Waals surface area contributed by atoms with Gasteiger partial charge in [0.1, 0.15) is 0 Å².